The van der Waals surface area contributed by atoms with E-state index in [1.54, 1.807) is 0 Å². The summed E-state index contributed by atoms with van der Waals surface area (Å²) in [5, 5.41) is 20.8. The molecule has 7 heteroatoms. The molecule has 0 radical (unpaired) electrons. The minimum Gasteiger partial charge on any atom is -0.480 e. The molecule has 0 aliphatic carbocycles. The number of ether oxygens (including phenoxy) is 1. The monoisotopic (exact) mass is 274 g/mol. The molecule has 0 aromatic carbocycles. The van der Waals surface area contributed by atoms with E-state index < -0.39 is 18.0 Å². The average Bonchev–Trinajstić information content (AvgIpc) is 2.42. The molecular weight excluding hydrogens is 252 g/mol. The van der Waals surface area contributed by atoms with Crippen molar-refractivity contribution < 1.29 is 24.5 Å². The first-order valence-electron chi connectivity index (χ1n) is 6.50. The summed E-state index contributed by atoms with van der Waals surface area (Å²) in [6.07, 6.45) is 2.82. The summed E-state index contributed by atoms with van der Waals surface area (Å²) in [7, 11) is 1.48. The molecule has 1 rings (SSSR count). The first-order chi connectivity index (χ1) is 9.10. The Kier molecular flexibility index (Phi) is 6.58. The molecule has 1 fully saturated rings. The SMILES string of the molecule is COCCC(NC(=O)N1CCCCC1CO)C(=O)O. The van der Waals surface area contributed by atoms with E-state index in [0.29, 0.717) is 6.54 Å². The number of likely N-dealkylation sites (tertiary alicyclic amines) is 1. The maximum absolute atomic E-state index is 12.0. The maximum atomic E-state index is 12.0. The Balaban J connectivity index is 2.56. The zero-order valence-electron chi connectivity index (χ0n) is 11.2. The van der Waals surface area contributed by atoms with Crippen molar-refractivity contribution in [1.29, 1.82) is 0 Å². The maximum Gasteiger partial charge on any atom is 0.326 e. The number of aliphatic hydroxyl groups is 1. The first kappa shape index (κ1) is 15.7. The van der Waals surface area contributed by atoms with E-state index in [1.165, 1.54) is 12.0 Å². The van der Waals surface area contributed by atoms with Gasteiger partial charge < -0.3 is 25.2 Å². The van der Waals surface area contributed by atoms with Crippen molar-refractivity contribution in [2.45, 2.75) is 37.8 Å². The summed E-state index contributed by atoms with van der Waals surface area (Å²) in [6, 6.07) is -1.61. The molecule has 2 amide bonds. The number of carboxylic acids is 1. The van der Waals surface area contributed by atoms with Crippen LogP contribution in [-0.2, 0) is 9.53 Å². The largest absolute Gasteiger partial charge is 0.480 e. The van der Waals surface area contributed by atoms with Gasteiger partial charge in [-0.2, -0.15) is 0 Å². The molecule has 1 aliphatic rings. The lowest BCUT2D eigenvalue weighted by Gasteiger charge is -2.35. The molecule has 0 aromatic rings. The van der Waals surface area contributed by atoms with Crippen LogP contribution in [0, 0.1) is 0 Å². The number of hydrogen-bond donors (Lipinski definition) is 3. The second kappa shape index (κ2) is 7.96. The van der Waals surface area contributed by atoms with Crippen molar-refractivity contribution in [3.8, 4) is 0 Å². The van der Waals surface area contributed by atoms with Gasteiger partial charge in [0.15, 0.2) is 0 Å². The van der Waals surface area contributed by atoms with Crippen molar-refractivity contribution in [2.24, 2.45) is 0 Å². The predicted octanol–water partition coefficient (Wildman–Crippen LogP) is 0.0325. The number of amides is 2. The van der Waals surface area contributed by atoms with Crippen LogP contribution in [0.1, 0.15) is 25.7 Å². The van der Waals surface area contributed by atoms with Crippen LogP contribution in [0.25, 0.3) is 0 Å². The van der Waals surface area contributed by atoms with Crippen LogP contribution < -0.4 is 5.32 Å². The van der Waals surface area contributed by atoms with Gasteiger partial charge in [0.1, 0.15) is 6.04 Å². The number of carbonyl (C=O) groups excluding carboxylic acids is 1. The summed E-state index contributed by atoms with van der Waals surface area (Å²) in [4.78, 5) is 24.6. The van der Waals surface area contributed by atoms with Gasteiger partial charge >= 0.3 is 12.0 Å². The topological polar surface area (TPSA) is 99.1 Å². The Morgan fingerprint density at radius 3 is 2.79 bits per heavy atom. The first-order valence-corrected chi connectivity index (χ1v) is 6.50. The number of nitrogens with one attached hydrogen (secondary N) is 1. The molecule has 0 bridgehead atoms. The molecule has 19 heavy (non-hydrogen) atoms. The molecule has 2 unspecified atom stereocenters. The Morgan fingerprint density at radius 2 is 2.21 bits per heavy atom. The van der Waals surface area contributed by atoms with Gasteiger partial charge in [-0.25, -0.2) is 9.59 Å². The van der Waals surface area contributed by atoms with Gasteiger partial charge in [-0.15, -0.1) is 0 Å². The molecule has 1 aliphatic heterocycles. The molecule has 0 spiro atoms. The van der Waals surface area contributed by atoms with Gasteiger partial charge in [-0.3, -0.25) is 0 Å². The Labute approximate surface area is 112 Å². The van der Waals surface area contributed by atoms with Crippen molar-refractivity contribution in [3.63, 3.8) is 0 Å². The van der Waals surface area contributed by atoms with Crippen LogP contribution in [0.4, 0.5) is 4.79 Å². The molecule has 1 saturated heterocycles. The van der Waals surface area contributed by atoms with E-state index in [-0.39, 0.29) is 25.7 Å². The minimum absolute atomic E-state index is 0.0940. The minimum atomic E-state index is -1.08. The third-order valence-corrected chi connectivity index (χ3v) is 3.31. The number of rotatable bonds is 6. The van der Waals surface area contributed by atoms with E-state index in [0.717, 1.165) is 19.3 Å². The van der Waals surface area contributed by atoms with E-state index in [2.05, 4.69) is 5.32 Å². The Hall–Kier alpha value is -1.34. The number of carbonyl (C=O) groups is 2. The van der Waals surface area contributed by atoms with Crippen LogP contribution >= 0.6 is 0 Å². The summed E-state index contributed by atoms with van der Waals surface area (Å²) >= 11 is 0. The van der Waals surface area contributed by atoms with Gasteiger partial charge in [0.05, 0.1) is 12.6 Å². The standard InChI is InChI=1S/C12H22N2O5/c1-19-7-5-10(11(16)17)13-12(18)14-6-3-2-4-9(14)8-15/h9-10,15H,2-8H2,1H3,(H,13,18)(H,16,17). The molecule has 110 valence electrons. The number of methoxy groups -OCH3 is 1. The summed E-state index contributed by atoms with van der Waals surface area (Å²) in [6.45, 7) is 0.720. The fraction of sp³-hybridized carbons (Fsp3) is 0.833. The van der Waals surface area contributed by atoms with Crippen LogP contribution in [0.15, 0.2) is 0 Å². The van der Waals surface area contributed by atoms with Gasteiger partial charge in [-0.1, -0.05) is 0 Å². The number of carboxylic acid groups (broad SMARTS) is 1. The smallest absolute Gasteiger partial charge is 0.326 e. The number of aliphatic hydroxyl groups excluding tert-OH is 1. The van der Waals surface area contributed by atoms with Crippen molar-refractivity contribution in [1.82, 2.24) is 10.2 Å². The van der Waals surface area contributed by atoms with Gasteiger partial charge in [-0.05, 0) is 19.3 Å². The van der Waals surface area contributed by atoms with E-state index in [9.17, 15) is 14.7 Å². The highest BCUT2D eigenvalue weighted by Crippen LogP contribution is 2.16. The lowest BCUT2D eigenvalue weighted by atomic mass is 10.0. The Morgan fingerprint density at radius 1 is 1.47 bits per heavy atom. The highest BCUT2D eigenvalue weighted by molar-refractivity contribution is 5.82. The van der Waals surface area contributed by atoms with E-state index in [1.807, 2.05) is 0 Å². The fourth-order valence-electron chi connectivity index (χ4n) is 2.18. The van der Waals surface area contributed by atoms with E-state index >= 15 is 0 Å². The zero-order valence-corrected chi connectivity index (χ0v) is 11.2. The molecule has 2 atom stereocenters. The molecule has 7 nitrogen and oxygen atoms in total. The second-order valence-electron chi connectivity index (χ2n) is 4.65. The van der Waals surface area contributed by atoms with Gasteiger partial charge in [0.25, 0.3) is 0 Å². The zero-order chi connectivity index (χ0) is 14.3. The van der Waals surface area contributed by atoms with Crippen LogP contribution in [0.3, 0.4) is 0 Å². The number of urea groups is 1. The van der Waals surface area contributed by atoms with Gasteiger partial charge in [0, 0.05) is 26.7 Å². The fourth-order valence-corrected chi connectivity index (χ4v) is 2.18. The molecule has 0 aromatic heterocycles. The summed E-state index contributed by atoms with van der Waals surface area (Å²) in [5.41, 5.74) is 0. The third-order valence-electron chi connectivity index (χ3n) is 3.31. The van der Waals surface area contributed by atoms with Crippen LogP contribution in [0.2, 0.25) is 0 Å². The van der Waals surface area contributed by atoms with Crippen LogP contribution in [-0.4, -0.2) is 66.1 Å². The lowest BCUT2D eigenvalue weighted by molar-refractivity contribution is -0.139. The lowest BCUT2D eigenvalue weighted by Crippen LogP contribution is -2.54. The highest BCUT2D eigenvalue weighted by Gasteiger charge is 2.29. The van der Waals surface area contributed by atoms with E-state index in [4.69, 9.17) is 9.84 Å². The number of nitrogens with zero attached hydrogens (tertiary/aromatic N) is 1. The van der Waals surface area contributed by atoms with Gasteiger partial charge in [0.2, 0.25) is 0 Å². The predicted molar refractivity (Wildman–Crippen MR) is 67.9 cm³/mol. The average molecular weight is 274 g/mol. The number of piperidine rings is 1. The second-order valence-corrected chi connectivity index (χ2v) is 4.65. The highest BCUT2D eigenvalue weighted by atomic mass is 16.5. The molecular formula is C12H22N2O5. The molecule has 0 saturated carbocycles. The summed E-state index contributed by atoms with van der Waals surface area (Å²) in [5.74, 6) is -1.08. The summed E-state index contributed by atoms with van der Waals surface area (Å²) < 4.78 is 4.82. The van der Waals surface area contributed by atoms with Crippen molar-refractivity contribution in [2.75, 3.05) is 26.9 Å². The Bertz CT molecular complexity index is 310. The molecule has 1 heterocycles. The number of aliphatic carboxylic acids is 1. The van der Waals surface area contributed by atoms with Crippen LogP contribution in [0.5, 0.6) is 0 Å². The van der Waals surface area contributed by atoms with Crippen molar-refractivity contribution in [3.05, 3.63) is 0 Å². The van der Waals surface area contributed by atoms with Crippen molar-refractivity contribution >= 4 is 12.0 Å². The number of hydrogen-bond acceptors (Lipinski definition) is 4. The molecule has 3 N–H and O–H groups in total. The quantitative estimate of drug-likeness (QED) is 0.635. The third kappa shape index (κ3) is 4.68. The normalized spacial score (nSPS) is 20.9.